The Morgan fingerprint density at radius 1 is 1.19 bits per heavy atom. The van der Waals surface area contributed by atoms with Crippen LogP contribution in [0.25, 0.3) is 0 Å². The van der Waals surface area contributed by atoms with Crippen molar-refractivity contribution in [1.82, 2.24) is 15.2 Å². The molecule has 0 radical (unpaired) electrons. The van der Waals surface area contributed by atoms with E-state index in [1.54, 1.807) is 6.20 Å². The van der Waals surface area contributed by atoms with Crippen LogP contribution < -0.4 is 10.6 Å². The predicted molar refractivity (Wildman–Crippen MR) is 84.8 cm³/mol. The Kier molecular flexibility index (Phi) is 4.28. The van der Waals surface area contributed by atoms with Gasteiger partial charge in [-0.3, -0.25) is 0 Å². The molecule has 1 aromatic carbocycles. The fourth-order valence-electron chi connectivity index (χ4n) is 2.77. The van der Waals surface area contributed by atoms with E-state index in [1.807, 2.05) is 6.07 Å². The van der Waals surface area contributed by atoms with Gasteiger partial charge in [-0.05, 0) is 30.9 Å². The quantitative estimate of drug-likeness (QED) is 0.879. The van der Waals surface area contributed by atoms with Gasteiger partial charge in [-0.1, -0.05) is 38.0 Å². The number of para-hydroxylation sites is 1. The zero-order valence-corrected chi connectivity index (χ0v) is 12.3. The van der Waals surface area contributed by atoms with Crippen LogP contribution in [0, 0.1) is 0 Å². The SMILES string of the molecule is CCc1ccccc1Nc1cnnc(NC2CCCC2)n1. The van der Waals surface area contributed by atoms with Crippen LogP contribution in [0.3, 0.4) is 0 Å². The summed E-state index contributed by atoms with van der Waals surface area (Å²) < 4.78 is 0. The van der Waals surface area contributed by atoms with Gasteiger partial charge in [-0.25, -0.2) is 0 Å². The molecule has 5 heteroatoms. The minimum Gasteiger partial charge on any atom is -0.350 e. The molecule has 1 saturated carbocycles. The van der Waals surface area contributed by atoms with Crippen molar-refractivity contribution in [3.63, 3.8) is 0 Å². The molecule has 5 nitrogen and oxygen atoms in total. The highest BCUT2D eigenvalue weighted by Gasteiger charge is 2.16. The molecule has 0 aliphatic heterocycles. The van der Waals surface area contributed by atoms with Crippen LogP contribution >= 0.6 is 0 Å². The van der Waals surface area contributed by atoms with Crippen molar-refractivity contribution in [2.75, 3.05) is 10.6 Å². The minimum atomic E-state index is 0.491. The van der Waals surface area contributed by atoms with E-state index in [1.165, 1.54) is 31.2 Å². The van der Waals surface area contributed by atoms with Gasteiger partial charge in [-0.15, -0.1) is 5.10 Å². The van der Waals surface area contributed by atoms with E-state index in [9.17, 15) is 0 Å². The molecule has 1 heterocycles. The summed E-state index contributed by atoms with van der Waals surface area (Å²) in [5.74, 6) is 1.34. The monoisotopic (exact) mass is 283 g/mol. The molecule has 1 aliphatic carbocycles. The summed E-state index contributed by atoms with van der Waals surface area (Å²) in [6.45, 7) is 2.14. The smallest absolute Gasteiger partial charge is 0.244 e. The van der Waals surface area contributed by atoms with Crippen molar-refractivity contribution in [2.45, 2.75) is 45.1 Å². The Morgan fingerprint density at radius 2 is 2.00 bits per heavy atom. The van der Waals surface area contributed by atoms with E-state index in [2.05, 4.69) is 50.9 Å². The highest BCUT2D eigenvalue weighted by Crippen LogP contribution is 2.22. The Hall–Kier alpha value is -2.17. The van der Waals surface area contributed by atoms with E-state index < -0.39 is 0 Å². The van der Waals surface area contributed by atoms with Gasteiger partial charge in [0.05, 0.1) is 6.20 Å². The number of aromatic nitrogens is 3. The average molecular weight is 283 g/mol. The van der Waals surface area contributed by atoms with Gasteiger partial charge in [-0.2, -0.15) is 10.1 Å². The molecule has 3 rings (SSSR count). The summed E-state index contributed by atoms with van der Waals surface area (Å²) in [6, 6.07) is 8.74. The first-order valence-corrected chi connectivity index (χ1v) is 7.66. The lowest BCUT2D eigenvalue weighted by atomic mass is 10.1. The van der Waals surface area contributed by atoms with E-state index in [0.717, 1.165) is 17.9 Å². The van der Waals surface area contributed by atoms with Crippen molar-refractivity contribution >= 4 is 17.5 Å². The summed E-state index contributed by atoms with van der Waals surface area (Å²) in [6.07, 6.45) is 7.60. The molecule has 1 aromatic heterocycles. The van der Waals surface area contributed by atoms with Gasteiger partial charge >= 0.3 is 0 Å². The standard InChI is InChI=1S/C16H21N5/c1-2-12-7-3-6-10-14(12)19-15-11-17-21-16(20-15)18-13-8-4-5-9-13/h3,6-7,10-11,13H,2,4-5,8-9H2,1H3,(H2,18,19,20,21). The molecule has 0 amide bonds. The van der Waals surface area contributed by atoms with Crippen LogP contribution in [0.4, 0.5) is 17.5 Å². The second kappa shape index (κ2) is 6.52. The molecule has 0 bridgehead atoms. The predicted octanol–water partition coefficient (Wildman–Crippen LogP) is 3.53. The van der Waals surface area contributed by atoms with Crippen molar-refractivity contribution in [2.24, 2.45) is 0 Å². The Bertz CT molecular complexity index is 593. The molecule has 0 saturated heterocycles. The van der Waals surface area contributed by atoms with Crippen LogP contribution in [0.1, 0.15) is 38.2 Å². The number of nitrogens with zero attached hydrogens (tertiary/aromatic N) is 3. The highest BCUT2D eigenvalue weighted by atomic mass is 15.3. The number of benzene rings is 1. The second-order valence-electron chi connectivity index (χ2n) is 5.43. The van der Waals surface area contributed by atoms with Gasteiger partial charge < -0.3 is 10.6 Å². The van der Waals surface area contributed by atoms with Gasteiger partial charge in [0, 0.05) is 11.7 Å². The molecule has 0 spiro atoms. The molecule has 0 atom stereocenters. The molecule has 21 heavy (non-hydrogen) atoms. The summed E-state index contributed by atoms with van der Waals surface area (Å²) in [7, 11) is 0. The molecule has 1 aliphatic rings. The number of hydrogen-bond donors (Lipinski definition) is 2. The summed E-state index contributed by atoms with van der Waals surface area (Å²) in [4.78, 5) is 4.51. The zero-order valence-electron chi connectivity index (χ0n) is 12.3. The maximum Gasteiger partial charge on any atom is 0.244 e. The van der Waals surface area contributed by atoms with E-state index in [0.29, 0.717) is 12.0 Å². The van der Waals surface area contributed by atoms with Gasteiger partial charge in [0.1, 0.15) is 0 Å². The normalized spacial score (nSPS) is 15.1. The topological polar surface area (TPSA) is 62.7 Å². The maximum atomic E-state index is 4.51. The van der Waals surface area contributed by atoms with Crippen molar-refractivity contribution in [3.8, 4) is 0 Å². The summed E-state index contributed by atoms with van der Waals surface area (Å²) in [5, 5.41) is 14.8. The van der Waals surface area contributed by atoms with Gasteiger partial charge in [0.15, 0.2) is 5.82 Å². The first-order valence-electron chi connectivity index (χ1n) is 7.66. The third-order valence-electron chi connectivity index (χ3n) is 3.91. The number of aryl methyl sites for hydroxylation is 1. The van der Waals surface area contributed by atoms with Crippen LogP contribution in [-0.2, 0) is 6.42 Å². The first kappa shape index (κ1) is 13.8. The fraction of sp³-hybridized carbons (Fsp3) is 0.438. The second-order valence-corrected chi connectivity index (χ2v) is 5.43. The van der Waals surface area contributed by atoms with Gasteiger partial charge in [0.25, 0.3) is 0 Å². The maximum absolute atomic E-state index is 4.51. The lowest BCUT2D eigenvalue weighted by Gasteiger charge is -2.13. The molecule has 0 unspecified atom stereocenters. The number of hydrogen-bond acceptors (Lipinski definition) is 5. The molecular weight excluding hydrogens is 262 g/mol. The number of nitrogens with one attached hydrogen (secondary N) is 2. The number of anilines is 3. The van der Waals surface area contributed by atoms with E-state index in [-0.39, 0.29) is 0 Å². The zero-order chi connectivity index (χ0) is 14.5. The van der Waals surface area contributed by atoms with E-state index in [4.69, 9.17) is 0 Å². The van der Waals surface area contributed by atoms with Crippen molar-refractivity contribution in [1.29, 1.82) is 0 Å². The largest absolute Gasteiger partial charge is 0.350 e. The first-order chi connectivity index (χ1) is 10.3. The van der Waals surface area contributed by atoms with Crippen LogP contribution in [-0.4, -0.2) is 21.2 Å². The summed E-state index contributed by atoms with van der Waals surface area (Å²) >= 11 is 0. The molecule has 1 fully saturated rings. The van der Waals surface area contributed by atoms with Crippen LogP contribution in [0.15, 0.2) is 30.5 Å². The molecular formula is C16H21N5. The Labute approximate surface area is 125 Å². The lowest BCUT2D eigenvalue weighted by molar-refractivity contribution is 0.738. The molecule has 2 N–H and O–H groups in total. The van der Waals surface area contributed by atoms with Gasteiger partial charge in [0.2, 0.25) is 5.95 Å². The third-order valence-corrected chi connectivity index (χ3v) is 3.91. The van der Waals surface area contributed by atoms with Crippen LogP contribution in [0.2, 0.25) is 0 Å². The summed E-state index contributed by atoms with van der Waals surface area (Å²) in [5.41, 5.74) is 2.34. The van der Waals surface area contributed by atoms with Crippen molar-refractivity contribution < 1.29 is 0 Å². The third kappa shape index (κ3) is 3.48. The fourth-order valence-corrected chi connectivity index (χ4v) is 2.77. The Balaban J connectivity index is 1.73. The Morgan fingerprint density at radius 3 is 2.81 bits per heavy atom. The lowest BCUT2D eigenvalue weighted by Crippen LogP contribution is -2.17. The van der Waals surface area contributed by atoms with E-state index >= 15 is 0 Å². The highest BCUT2D eigenvalue weighted by molar-refractivity contribution is 5.60. The minimum absolute atomic E-state index is 0.491. The molecule has 110 valence electrons. The van der Waals surface area contributed by atoms with Crippen molar-refractivity contribution in [3.05, 3.63) is 36.0 Å². The molecule has 2 aromatic rings. The average Bonchev–Trinajstić information content (AvgIpc) is 3.01. The number of rotatable bonds is 5. The van der Waals surface area contributed by atoms with Crippen LogP contribution in [0.5, 0.6) is 0 Å².